The maximum Gasteiger partial charge on any atom is 0.328 e. The summed E-state index contributed by atoms with van der Waals surface area (Å²) in [5, 5.41) is 3.30. The second kappa shape index (κ2) is 13.3. The van der Waals surface area contributed by atoms with Gasteiger partial charge in [0.1, 0.15) is 34.3 Å². The Morgan fingerprint density at radius 2 is 1.96 bits per heavy atom. The van der Waals surface area contributed by atoms with E-state index < -0.39 is 0 Å². The second-order valence-electron chi connectivity index (χ2n) is 11.0. The number of nitrogens with one attached hydrogen (secondary N) is 1. The van der Waals surface area contributed by atoms with Gasteiger partial charge in [0, 0.05) is 50.4 Å². The van der Waals surface area contributed by atoms with Gasteiger partial charge in [-0.05, 0) is 25.0 Å². The Hall–Kier alpha value is -4.40. The third kappa shape index (κ3) is 6.67. The Labute approximate surface area is 265 Å². The summed E-state index contributed by atoms with van der Waals surface area (Å²) in [5.41, 5.74) is 9.30. The molecule has 2 fully saturated rings. The number of imidazole rings is 1. The average Bonchev–Trinajstić information content (AvgIpc) is 3.46. The van der Waals surface area contributed by atoms with Crippen molar-refractivity contribution in [1.29, 1.82) is 0 Å². The highest BCUT2D eigenvalue weighted by Gasteiger charge is 2.34. The van der Waals surface area contributed by atoms with Crippen LogP contribution in [0.1, 0.15) is 24.1 Å². The molecule has 1 aliphatic carbocycles. The summed E-state index contributed by atoms with van der Waals surface area (Å²) < 4.78 is 23.8. The molecule has 6 rings (SSSR count). The van der Waals surface area contributed by atoms with E-state index in [-0.39, 0.29) is 29.9 Å². The van der Waals surface area contributed by atoms with Crippen LogP contribution in [-0.4, -0.2) is 90.3 Å². The quantitative estimate of drug-likeness (QED) is 0.245. The van der Waals surface area contributed by atoms with Crippen LogP contribution in [0, 0.1) is 0 Å². The van der Waals surface area contributed by atoms with Gasteiger partial charge in [0.05, 0.1) is 57.6 Å². The molecule has 3 N–H and O–H groups in total. The van der Waals surface area contributed by atoms with Crippen LogP contribution in [0.5, 0.6) is 11.5 Å². The second-order valence-corrected chi connectivity index (χ2v) is 11.3. The number of methoxy groups -OCH3 is 2. The number of aromatic nitrogens is 5. The number of carbonyl (C=O) groups is 1. The third-order valence-corrected chi connectivity index (χ3v) is 8.23. The van der Waals surface area contributed by atoms with Crippen molar-refractivity contribution in [3.05, 3.63) is 53.1 Å². The minimum absolute atomic E-state index is 0.176. The fourth-order valence-electron chi connectivity index (χ4n) is 5.44. The minimum Gasteiger partial charge on any atom is -0.497 e. The van der Waals surface area contributed by atoms with Crippen LogP contribution < -0.4 is 30.3 Å². The van der Waals surface area contributed by atoms with Gasteiger partial charge in [-0.15, -0.1) is 0 Å². The van der Waals surface area contributed by atoms with Gasteiger partial charge in [-0.3, -0.25) is 0 Å². The van der Waals surface area contributed by atoms with Crippen molar-refractivity contribution in [2.75, 3.05) is 63.1 Å². The van der Waals surface area contributed by atoms with Gasteiger partial charge >= 0.3 is 6.03 Å². The molecule has 2 atom stereocenters. The lowest BCUT2D eigenvalue weighted by atomic mass is 9.89. The van der Waals surface area contributed by atoms with Crippen LogP contribution >= 0.6 is 11.6 Å². The maximum absolute atomic E-state index is 13.4. The van der Waals surface area contributed by atoms with Crippen molar-refractivity contribution in [3.63, 3.8) is 0 Å². The molecular formula is C30H36ClN9O5. The number of rotatable bonds is 10. The Bertz CT molecular complexity index is 1680. The number of nitrogens with zero attached hydrogens (tertiary/aromatic N) is 7. The summed E-state index contributed by atoms with van der Waals surface area (Å²) >= 11 is 6.44. The van der Waals surface area contributed by atoms with E-state index in [1.165, 1.54) is 10.9 Å². The predicted molar refractivity (Wildman–Crippen MR) is 169 cm³/mol. The highest BCUT2D eigenvalue weighted by molar-refractivity contribution is 6.30. The van der Waals surface area contributed by atoms with E-state index >= 15 is 0 Å². The predicted octanol–water partition coefficient (Wildman–Crippen LogP) is 3.25. The van der Waals surface area contributed by atoms with Crippen LogP contribution in [-0.2, 0) is 22.6 Å². The summed E-state index contributed by atoms with van der Waals surface area (Å²) in [6, 6.07) is 8.55. The van der Waals surface area contributed by atoms with Crippen LogP contribution in [0.15, 0.2) is 36.7 Å². The average molecular weight is 638 g/mol. The highest BCUT2D eigenvalue weighted by atomic mass is 35.5. The summed E-state index contributed by atoms with van der Waals surface area (Å²) in [6.07, 6.45) is 2.87. The number of nitrogens with two attached hydrogens (primary N) is 1. The van der Waals surface area contributed by atoms with Crippen LogP contribution in [0.4, 0.5) is 22.2 Å². The van der Waals surface area contributed by atoms with E-state index in [0.29, 0.717) is 73.0 Å². The largest absolute Gasteiger partial charge is 0.497 e. The van der Waals surface area contributed by atoms with Crippen molar-refractivity contribution in [2.24, 2.45) is 0 Å². The molecule has 1 saturated heterocycles. The molecule has 45 heavy (non-hydrogen) atoms. The Kier molecular flexibility index (Phi) is 9.05. The fraction of sp³-hybridized carbons (Fsp3) is 0.433. The molecule has 4 aromatic rings. The third-order valence-electron chi connectivity index (χ3n) is 8.03. The topological polar surface area (TPSA) is 155 Å². The van der Waals surface area contributed by atoms with Gasteiger partial charge in [-0.1, -0.05) is 11.6 Å². The first kappa shape index (κ1) is 30.6. The minimum atomic E-state index is -0.364. The van der Waals surface area contributed by atoms with Gasteiger partial charge in [0.15, 0.2) is 5.65 Å². The van der Waals surface area contributed by atoms with E-state index in [0.717, 1.165) is 24.1 Å². The van der Waals surface area contributed by atoms with E-state index in [9.17, 15) is 4.79 Å². The van der Waals surface area contributed by atoms with E-state index in [1.54, 1.807) is 26.4 Å². The van der Waals surface area contributed by atoms with Crippen molar-refractivity contribution in [3.8, 4) is 11.5 Å². The molecule has 0 bridgehead atoms. The Balaban J connectivity index is 1.12. The van der Waals surface area contributed by atoms with E-state index in [1.807, 2.05) is 35.0 Å². The fourth-order valence-corrected chi connectivity index (χ4v) is 5.63. The number of carbonyl (C=O) groups excluding carboxylic acids is 1. The number of fused-ring (bicyclic) bond motifs is 1. The molecule has 238 valence electrons. The van der Waals surface area contributed by atoms with Gasteiger partial charge in [0.25, 0.3) is 0 Å². The molecular weight excluding hydrogens is 602 g/mol. The van der Waals surface area contributed by atoms with Gasteiger partial charge < -0.3 is 39.8 Å². The van der Waals surface area contributed by atoms with Gasteiger partial charge in [0.2, 0.25) is 5.95 Å². The number of ether oxygens (including phenoxy) is 4. The van der Waals surface area contributed by atoms with Crippen LogP contribution in [0.3, 0.4) is 0 Å². The van der Waals surface area contributed by atoms with Crippen LogP contribution in [0.25, 0.3) is 11.2 Å². The number of nitrogen functional groups attached to an aromatic ring is 1. The number of halogens is 1. The maximum atomic E-state index is 13.4. The van der Waals surface area contributed by atoms with Crippen molar-refractivity contribution >= 4 is 46.2 Å². The SMILES string of the molecule is COc1ccc(CN(C)c2cc(Cl)nc3c2ncn3C(=O)N[C@@H]2CC[C@H]2OCc2cc(N)nc(N3CCOCC3)n2)c(OC)c1. The van der Waals surface area contributed by atoms with Crippen molar-refractivity contribution in [2.45, 2.75) is 38.1 Å². The molecule has 3 aromatic heterocycles. The molecule has 0 unspecified atom stereocenters. The van der Waals surface area contributed by atoms with Crippen molar-refractivity contribution in [1.82, 2.24) is 29.8 Å². The Morgan fingerprint density at radius 1 is 1.13 bits per heavy atom. The summed E-state index contributed by atoms with van der Waals surface area (Å²) in [6.45, 7) is 3.41. The smallest absolute Gasteiger partial charge is 0.328 e. The number of morpholine rings is 1. The molecule has 14 nitrogen and oxygen atoms in total. The van der Waals surface area contributed by atoms with Crippen molar-refractivity contribution < 1.29 is 23.7 Å². The summed E-state index contributed by atoms with van der Waals surface area (Å²) in [4.78, 5) is 35.4. The number of hydrogen-bond donors (Lipinski definition) is 2. The normalized spacial score (nSPS) is 18.0. The van der Waals surface area contributed by atoms with Crippen LogP contribution in [0.2, 0.25) is 5.15 Å². The lowest BCUT2D eigenvalue weighted by Crippen LogP contribution is -2.52. The number of amides is 1. The molecule has 1 aliphatic heterocycles. The molecule has 4 heterocycles. The summed E-state index contributed by atoms with van der Waals surface area (Å²) in [5.74, 6) is 2.35. The molecule has 2 aliphatic rings. The first-order valence-corrected chi connectivity index (χ1v) is 15.0. The van der Waals surface area contributed by atoms with Gasteiger partial charge in [-0.2, -0.15) is 4.98 Å². The lowest BCUT2D eigenvalue weighted by Gasteiger charge is -2.36. The van der Waals surface area contributed by atoms with E-state index in [2.05, 4.69) is 25.3 Å². The highest BCUT2D eigenvalue weighted by Crippen LogP contribution is 2.31. The number of pyridine rings is 1. The molecule has 15 heteroatoms. The zero-order valence-corrected chi connectivity index (χ0v) is 26.2. The number of anilines is 3. The van der Waals surface area contributed by atoms with E-state index in [4.69, 9.17) is 36.3 Å². The zero-order chi connectivity index (χ0) is 31.5. The molecule has 1 aromatic carbocycles. The lowest BCUT2D eigenvalue weighted by molar-refractivity contribution is -0.0335. The number of hydrogen-bond acceptors (Lipinski definition) is 12. The first-order chi connectivity index (χ1) is 21.8. The summed E-state index contributed by atoms with van der Waals surface area (Å²) in [7, 11) is 5.14. The Morgan fingerprint density at radius 3 is 2.69 bits per heavy atom. The number of benzene rings is 1. The molecule has 0 spiro atoms. The first-order valence-electron chi connectivity index (χ1n) is 14.7. The molecule has 0 radical (unpaired) electrons. The zero-order valence-electron chi connectivity index (χ0n) is 25.4. The molecule has 1 saturated carbocycles. The molecule has 1 amide bonds. The van der Waals surface area contributed by atoms with Gasteiger partial charge in [-0.25, -0.2) is 24.3 Å². The standard InChI is InChI=1S/C30H36ClN9O5/c1-38(15-18-4-5-20(42-2)13-24(18)43-3)22-14-25(31)36-28-27(22)33-17-40(28)30(41)35-21-6-7-23(21)45-16-19-12-26(32)37-29(34-19)39-8-10-44-11-9-39/h4-5,12-14,17,21,23H,6-11,15-16H2,1-3H3,(H,35,41)(H2,32,34,37)/t21-,23-/m1/s1. The monoisotopic (exact) mass is 637 g/mol.